The number of primary amides is 1. The van der Waals surface area contributed by atoms with Gasteiger partial charge < -0.3 is 5.73 Å². The second-order valence-corrected chi connectivity index (χ2v) is 2.98. The second-order valence-electron chi connectivity index (χ2n) is 1.95. The summed E-state index contributed by atoms with van der Waals surface area (Å²) in [5, 5.41) is 0.176. The summed E-state index contributed by atoms with van der Waals surface area (Å²) in [7, 11) is 0. The third-order valence-corrected chi connectivity index (χ3v) is 2.18. The van der Waals surface area contributed by atoms with Gasteiger partial charge in [0.2, 0.25) is 0 Å². The van der Waals surface area contributed by atoms with Crippen LogP contribution in [-0.2, 0) is 0 Å². The van der Waals surface area contributed by atoms with Gasteiger partial charge in [-0.3, -0.25) is 9.59 Å². The number of hydrogen-bond acceptors (Lipinski definition) is 4. The highest BCUT2D eigenvalue weighted by Crippen LogP contribution is 2.12. The van der Waals surface area contributed by atoms with E-state index < -0.39 is 5.91 Å². The molecule has 5 heteroatoms. The van der Waals surface area contributed by atoms with E-state index in [1.807, 2.05) is 0 Å². The zero-order valence-corrected chi connectivity index (χ0v) is 6.64. The van der Waals surface area contributed by atoms with E-state index in [4.69, 9.17) is 5.73 Å². The van der Waals surface area contributed by atoms with Crippen molar-refractivity contribution in [2.45, 2.75) is 6.92 Å². The monoisotopic (exact) mass is 170 g/mol. The van der Waals surface area contributed by atoms with Crippen molar-refractivity contribution in [3.05, 3.63) is 16.1 Å². The molecule has 0 saturated carbocycles. The lowest BCUT2D eigenvalue weighted by molar-refractivity contribution is 0.0996. The molecule has 0 radical (unpaired) electrons. The first-order valence-electron chi connectivity index (χ1n) is 2.88. The summed E-state index contributed by atoms with van der Waals surface area (Å²) in [6, 6.07) is 0. The summed E-state index contributed by atoms with van der Waals surface area (Å²) < 4.78 is 0. The molecule has 0 aliphatic heterocycles. The lowest BCUT2D eigenvalue weighted by Crippen LogP contribution is -2.09. The van der Waals surface area contributed by atoms with E-state index in [9.17, 15) is 9.59 Å². The highest BCUT2D eigenvalue weighted by molar-refractivity contribution is 7.15. The molecule has 0 fully saturated rings. The van der Waals surface area contributed by atoms with Gasteiger partial charge in [0.25, 0.3) is 5.91 Å². The lowest BCUT2D eigenvalue weighted by atomic mass is 10.4. The molecule has 0 saturated heterocycles. The molecule has 0 bridgehead atoms. The van der Waals surface area contributed by atoms with Crippen LogP contribution in [0.4, 0.5) is 0 Å². The summed E-state index contributed by atoms with van der Waals surface area (Å²) >= 11 is 1.01. The average Bonchev–Trinajstić information content (AvgIpc) is 2.33. The molecule has 0 spiro atoms. The smallest absolute Gasteiger partial charge is 0.277 e. The number of ketones is 1. The molecule has 1 aromatic rings. The number of carbonyl (C=O) groups is 2. The fraction of sp³-hybridized carbons (Fsp3) is 0.167. The summed E-state index contributed by atoms with van der Waals surface area (Å²) in [5.41, 5.74) is 4.92. The van der Waals surface area contributed by atoms with Gasteiger partial charge in [-0.25, -0.2) is 4.98 Å². The summed E-state index contributed by atoms with van der Waals surface area (Å²) in [6.07, 6.45) is 1.35. The Morgan fingerprint density at radius 3 is 2.55 bits per heavy atom. The van der Waals surface area contributed by atoms with Gasteiger partial charge in [0, 0.05) is 13.1 Å². The van der Waals surface area contributed by atoms with E-state index in [1.165, 1.54) is 13.1 Å². The minimum absolute atomic E-state index is 0.102. The minimum Gasteiger partial charge on any atom is -0.364 e. The van der Waals surface area contributed by atoms with Crippen molar-refractivity contribution in [1.82, 2.24) is 4.98 Å². The molecule has 0 atom stereocenters. The first-order chi connectivity index (χ1) is 5.11. The van der Waals surface area contributed by atoms with Gasteiger partial charge in [0.05, 0.1) is 4.88 Å². The Labute approximate surface area is 67.0 Å². The van der Waals surface area contributed by atoms with Crippen LogP contribution in [0.5, 0.6) is 0 Å². The van der Waals surface area contributed by atoms with Crippen molar-refractivity contribution in [2.24, 2.45) is 5.73 Å². The molecule has 1 heterocycles. The van der Waals surface area contributed by atoms with Crippen molar-refractivity contribution in [2.75, 3.05) is 0 Å². The summed E-state index contributed by atoms with van der Waals surface area (Å²) in [6.45, 7) is 1.41. The van der Waals surface area contributed by atoms with Crippen LogP contribution in [0.15, 0.2) is 6.20 Å². The largest absolute Gasteiger partial charge is 0.364 e. The standard InChI is InChI=1S/C6H6N2O2S/c1-3(9)4-2-8-6(11-4)5(7)10/h2H,1H3,(H2,7,10). The third-order valence-electron chi connectivity index (χ3n) is 1.06. The molecule has 0 aliphatic carbocycles. The van der Waals surface area contributed by atoms with Crippen LogP contribution in [-0.4, -0.2) is 16.7 Å². The molecule has 0 unspecified atom stereocenters. The quantitative estimate of drug-likeness (QED) is 0.654. The van der Waals surface area contributed by atoms with Gasteiger partial charge >= 0.3 is 0 Å². The van der Waals surface area contributed by atoms with Crippen molar-refractivity contribution in [1.29, 1.82) is 0 Å². The van der Waals surface area contributed by atoms with Gasteiger partial charge in [-0.05, 0) is 0 Å². The molecule has 1 aromatic heterocycles. The lowest BCUT2D eigenvalue weighted by Gasteiger charge is -1.82. The molecule has 4 nitrogen and oxygen atoms in total. The van der Waals surface area contributed by atoms with E-state index in [2.05, 4.69) is 4.98 Å². The Balaban J connectivity index is 2.99. The second kappa shape index (κ2) is 2.79. The number of Topliss-reactive ketones (excluding diaryl/α,β-unsaturated/α-hetero) is 1. The number of nitrogens with two attached hydrogens (primary N) is 1. The zero-order valence-electron chi connectivity index (χ0n) is 5.83. The molecular formula is C6H6N2O2S. The summed E-state index contributed by atoms with van der Waals surface area (Å²) in [5.74, 6) is -0.697. The molecule has 11 heavy (non-hydrogen) atoms. The topological polar surface area (TPSA) is 73.1 Å². The van der Waals surface area contributed by atoms with Gasteiger partial charge in [0.1, 0.15) is 0 Å². The van der Waals surface area contributed by atoms with Crippen molar-refractivity contribution in [3.63, 3.8) is 0 Å². The maximum Gasteiger partial charge on any atom is 0.277 e. The van der Waals surface area contributed by atoms with Gasteiger partial charge in [-0.15, -0.1) is 11.3 Å². The van der Waals surface area contributed by atoms with Gasteiger partial charge in [0.15, 0.2) is 10.8 Å². The van der Waals surface area contributed by atoms with E-state index in [0.29, 0.717) is 4.88 Å². The highest BCUT2D eigenvalue weighted by Gasteiger charge is 2.08. The van der Waals surface area contributed by atoms with E-state index in [0.717, 1.165) is 11.3 Å². The van der Waals surface area contributed by atoms with E-state index >= 15 is 0 Å². The molecule has 1 amide bonds. The Morgan fingerprint density at radius 2 is 2.27 bits per heavy atom. The first-order valence-corrected chi connectivity index (χ1v) is 3.69. The van der Waals surface area contributed by atoms with Crippen LogP contribution < -0.4 is 5.73 Å². The van der Waals surface area contributed by atoms with Crippen LogP contribution in [0, 0.1) is 0 Å². The number of hydrogen-bond donors (Lipinski definition) is 1. The van der Waals surface area contributed by atoms with Crippen LogP contribution in [0.2, 0.25) is 0 Å². The number of thiazole rings is 1. The van der Waals surface area contributed by atoms with Crippen LogP contribution in [0.25, 0.3) is 0 Å². The number of rotatable bonds is 2. The van der Waals surface area contributed by atoms with Crippen LogP contribution in [0.1, 0.15) is 26.4 Å². The third kappa shape index (κ3) is 1.62. The fourth-order valence-corrected chi connectivity index (χ4v) is 1.21. The Morgan fingerprint density at radius 1 is 1.64 bits per heavy atom. The molecular weight excluding hydrogens is 164 g/mol. The predicted octanol–water partition coefficient (Wildman–Crippen LogP) is 0.445. The number of nitrogens with zero attached hydrogens (tertiary/aromatic N) is 1. The van der Waals surface area contributed by atoms with E-state index in [-0.39, 0.29) is 10.8 Å². The minimum atomic E-state index is -0.595. The molecule has 0 aromatic carbocycles. The van der Waals surface area contributed by atoms with Crippen molar-refractivity contribution >= 4 is 23.0 Å². The number of amides is 1. The SMILES string of the molecule is CC(=O)c1cnc(C(N)=O)s1. The predicted molar refractivity (Wildman–Crippen MR) is 40.6 cm³/mol. The Kier molecular flexibility index (Phi) is 2.00. The molecule has 2 N–H and O–H groups in total. The molecule has 0 aliphatic rings. The average molecular weight is 170 g/mol. The highest BCUT2D eigenvalue weighted by atomic mass is 32.1. The number of carbonyl (C=O) groups excluding carboxylic acids is 2. The Bertz CT molecular complexity index is 277. The maximum atomic E-state index is 10.7. The molecule has 58 valence electrons. The summed E-state index contributed by atoms with van der Waals surface area (Å²) in [4.78, 5) is 25.3. The normalized spacial score (nSPS) is 9.55. The van der Waals surface area contributed by atoms with Crippen molar-refractivity contribution in [3.8, 4) is 0 Å². The molecule has 1 rings (SSSR count). The Hall–Kier alpha value is -1.23. The van der Waals surface area contributed by atoms with Crippen LogP contribution in [0.3, 0.4) is 0 Å². The maximum absolute atomic E-state index is 10.7. The number of aromatic nitrogens is 1. The van der Waals surface area contributed by atoms with Gasteiger partial charge in [-0.1, -0.05) is 0 Å². The zero-order chi connectivity index (χ0) is 8.43. The van der Waals surface area contributed by atoms with Crippen molar-refractivity contribution < 1.29 is 9.59 Å². The van der Waals surface area contributed by atoms with Gasteiger partial charge in [-0.2, -0.15) is 0 Å². The van der Waals surface area contributed by atoms with Crippen LogP contribution >= 0.6 is 11.3 Å². The first kappa shape index (κ1) is 7.87. The fourth-order valence-electron chi connectivity index (χ4n) is 0.551. The van der Waals surface area contributed by atoms with E-state index in [1.54, 1.807) is 0 Å².